The van der Waals surface area contributed by atoms with Gasteiger partial charge in [-0.1, -0.05) is 32.9 Å². The Bertz CT molecular complexity index is 339. The Kier molecular flexibility index (Phi) is 6.60. The molecule has 1 aromatic carbocycles. The van der Waals surface area contributed by atoms with E-state index in [0.717, 1.165) is 36.3 Å². The number of para-hydroxylation sites is 1. The van der Waals surface area contributed by atoms with Crippen molar-refractivity contribution >= 4 is 15.9 Å². The Labute approximate surface area is 113 Å². The minimum Gasteiger partial charge on any atom is -0.492 e. The Balaban J connectivity index is 2.69. The summed E-state index contributed by atoms with van der Waals surface area (Å²) in [5.74, 6) is 1.52. The Morgan fingerprint density at radius 3 is 2.76 bits per heavy atom. The first-order valence-corrected chi connectivity index (χ1v) is 7.05. The number of rotatable bonds is 7. The third-order valence-corrected chi connectivity index (χ3v) is 2.98. The SMILES string of the molecule is CCCNCc1cccc(Br)c1OCC(C)C. The Morgan fingerprint density at radius 2 is 2.12 bits per heavy atom. The first-order chi connectivity index (χ1) is 8.15. The molecule has 2 nitrogen and oxygen atoms in total. The van der Waals surface area contributed by atoms with Crippen LogP contribution >= 0.6 is 15.9 Å². The van der Waals surface area contributed by atoms with Crippen LogP contribution in [-0.2, 0) is 6.54 Å². The van der Waals surface area contributed by atoms with E-state index in [-0.39, 0.29) is 0 Å². The van der Waals surface area contributed by atoms with Crippen LogP contribution in [0.4, 0.5) is 0 Å². The van der Waals surface area contributed by atoms with Gasteiger partial charge in [-0.15, -0.1) is 0 Å². The molecule has 1 rings (SSSR count). The van der Waals surface area contributed by atoms with E-state index in [9.17, 15) is 0 Å². The van der Waals surface area contributed by atoms with Crippen molar-refractivity contribution in [3.63, 3.8) is 0 Å². The molecule has 1 N–H and O–H groups in total. The van der Waals surface area contributed by atoms with Crippen molar-refractivity contribution in [1.29, 1.82) is 0 Å². The Morgan fingerprint density at radius 1 is 1.35 bits per heavy atom. The topological polar surface area (TPSA) is 21.3 Å². The largest absolute Gasteiger partial charge is 0.492 e. The molecular weight excluding hydrogens is 278 g/mol. The highest BCUT2D eigenvalue weighted by molar-refractivity contribution is 9.10. The van der Waals surface area contributed by atoms with Gasteiger partial charge in [0.1, 0.15) is 5.75 Å². The number of benzene rings is 1. The molecule has 0 fully saturated rings. The van der Waals surface area contributed by atoms with E-state index >= 15 is 0 Å². The lowest BCUT2D eigenvalue weighted by molar-refractivity contribution is 0.266. The lowest BCUT2D eigenvalue weighted by Crippen LogP contribution is -2.15. The standard InChI is InChI=1S/C14H22BrNO/c1-4-8-16-9-12-6-5-7-13(15)14(12)17-10-11(2)3/h5-7,11,16H,4,8-10H2,1-3H3. The molecule has 96 valence electrons. The summed E-state index contributed by atoms with van der Waals surface area (Å²) in [6, 6.07) is 6.19. The van der Waals surface area contributed by atoms with Crippen LogP contribution in [0.5, 0.6) is 5.75 Å². The fourth-order valence-electron chi connectivity index (χ4n) is 1.50. The number of halogens is 1. The van der Waals surface area contributed by atoms with Crippen LogP contribution in [0.2, 0.25) is 0 Å². The molecule has 0 amide bonds. The van der Waals surface area contributed by atoms with Gasteiger partial charge in [-0.25, -0.2) is 0 Å². The molecule has 0 aromatic heterocycles. The molecular formula is C14H22BrNO. The molecule has 0 aliphatic heterocycles. The van der Waals surface area contributed by atoms with Crippen molar-refractivity contribution in [2.24, 2.45) is 5.92 Å². The highest BCUT2D eigenvalue weighted by Crippen LogP contribution is 2.29. The van der Waals surface area contributed by atoms with E-state index in [1.807, 2.05) is 6.07 Å². The predicted octanol–water partition coefficient (Wildman–Crippen LogP) is 3.98. The first kappa shape index (κ1) is 14.5. The predicted molar refractivity (Wildman–Crippen MR) is 76.5 cm³/mol. The van der Waals surface area contributed by atoms with Crippen molar-refractivity contribution in [3.05, 3.63) is 28.2 Å². The summed E-state index contributed by atoms with van der Waals surface area (Å²) >= 11 is 3.55. The molecule has 0 bridgehead atoms. The molecule has 0 spiro atoms. The fraction of sp³-hybridized carbons (Fsp3) is 0.571. The van der Waals surface area contributed by atoms with Crippen molar-refractivity contribution in [2.75, 3.05) is 13.2 Å². The van der Waals surface area contributed by atoms with Crippen LogP contribution in [0.1, 0.15) is 32.8 Å². The third kappa shape index (κ3) is 5.09. The Hall–Kier alpha value is -0.540. The monoisotopic (exact) mass is 299 g/mol. The fourth-order valence-corrected chi connectivity index (χ4v) is 2.03. The quantitative estimate of drug-likeness (QED) is 0.769. The molecule has 0 saturated heterocycles. The van der Waals surface area contributed by atoms with Crippen molar-refractivity contribution in [3.8, 4) is 5.75 Å². The maximum absolute atomic E-state index is 5.87. The molecule has 0 unspecified atom stereocenters. The van der Waals surface area contributed by atoms with Crippen molar-refractivity contribution in [1.82, 2.24) is 5.32 Å². The second-order valence-corrected chi connectivity index (χ2v) is 5.46. The summed E-state index contributed by atoms with van der Waals surface area (Å²) in [6.45, 7) is 9.14. The minimum absolute atomic E-state index is 0.540. The molecule has 0 atom stereocenters. The highest BCUT2D eigenvalue weighted by atomic mass is 79.9. The van der Waals surface area contributed by atoms with E-state index in [1.54, 1.807) is 0 Å². The number of nitrogens with one attached hydrogen (secondary N) is 1. The highest BCUT2D eigenvalue weighted by Gasteiger charge is 2.08. The van der Waals surface area contributed by atoms with Gasteiger partial charge in [-0.2, -0.15) is 0 Å². The van der Waals surface area contributed by atoms with Crippen LogP contribution in [0, 0.1) is 5.92 Å². The maximum atomic E-state index is 5.87. The number of hydrogen-bond donors (Lipinski definition) is 1. The zero-order valence-corrected chi connectivity index (χ0v) is 12.5. The van der Waals surface area contributed by atoms with E-state index in [0.29, 0.717) is 5.92 Å². The summed E-state index contributed by atoms with van der Waals surface area (Å²) in [7, 11) is 0. The van der Waals surface area contributed by atoms with E-state index in [2.05, 4.69) is 54.2 Å². The van der Waals surface area contributed by atoms with E-state index < -0.39 is 0 Å². The molecule has 3 heteroatoms. The first-order valence-electron chi connectivity index (χ1n) is 6.26. The smallest absolute Gasteiger partial charge is 0.137 e. The summed E-state index contributed by atoms with van der Waals surface area (Å²) in [6.07, 6.45) is 1.15. The van der Waals surface area contributed by atoms with E-state index in [1.165, 1.54) is 5.56 Å². The molecule has 0 aliphatic carbocycles. The summed E-state index contributed by atoms with van der Waals surface area (Å²) < 4.78 is 6.91. The second-order valence-electron chi connectivity index (χ2n) is 4.61. The van der Waals surface area contributed by atoms with Gasteiger partial charge >= 0.3 is 0 Å². The zero-order chi connectivity index (χ0) is 12.7. The summed E-state index contributed by atoms with van der Waals surface area (Å²) in [5, 5.41) is 3.41. The molecule has 0 aliphatic rings. The normalized spacial score (nSPS) is 10.9. The van der Waals surface area contributed by atoms with Gasteiger partial charge in [-0.05, 0) is 40.9 Å². The maximum Gasteiger partial charge on any atom is 0.137 e. The van der Waals surface area contributed by atoms with Crippen LogP contribution in [0.3, 0.4) is 0 Å². The van der Waals surface area contributed by atoms with Crippen molar-refractivity contribution in [2.45, 2.75) is 33.7 Å². The molecule has 1 aromatic rings. The van der Waals surface area contributed by atoms with Gasteiger partial charge in [-0.3, -0.25) is 0 Å². The molecule has 0 saturated carbocycles. The number of hydrogen-bond acceptors (Lipinski definition) is 2. The minimum atomic E-state index is 0.540. The van der Waals surface area contributed by atoms with Gasteiger partial charge < -0.3 is 10.1 Å². The van der Waals surface area contributed by atoms with Gasteiger partial charge in [0.15, 0.2) is 0 Å². The lowest BCUT2D eigenvalue weighted by atomic mass is 10.2. The van der Waals surface area contributed by atoms with Gasteiger partial charge in [0, 0.05) is 12.1 Å². The summed E-state index contributed by atoms with van der Waals surface area (Å²) in [4.78, 5) is 0. The van der Waals surface area contributed by atoms with Gasteiger partial charge in [0.25, 0.3) is 0 Å². The van der Waals surface area contributed by atoms with Gasteiger partial charge in [0.2, 0.25) is 0 Å². The lowest BCUT2D eigenvalue weighted by Gasteiger charge is -2.15. The van der Waals surface area contributed by atoms with Crippen LogP contribution in [-0.4, -0.2) is 13.2 Å². The van der Waals surface area contributed by atoms with E-state index in [4.69, 9.17) is 4.74 Å². The molecule has 0 heterocycles. The van der Waals surface area contributed by atoms with Crippen LogP contribution < -0.4 is 10.1 Å². The average molecular weight is 300 g/mol. The third-order valence-electron chi connectivity index (χ3n) is 2.35. The summed E-state index contributed by atoms with van der Waals surface area (Å²) in [5.41, 5.74) is 1.22. The van der Waals surface area contributed by atoms with Crippen LogP contribution in [0.25, 0.3) is 0 Å². The van der Waals surface area contributed by atoms with Crippen LogP contribution in [0.15, 0.2) is 22.7 Å². The average Bonchev–Trinajstić information content (AvgIpc) is 2.28. The molecule has 17 heavy (non-hydrogen) atoms. The second kappa shape index (κ2) is 7.72. The van der Waals surface area contributed by atoms with Gasteiger partial charge in [0.05, 0.1) is 11.1 Å². The molecule has 0 radical (unpaired) electrons. The zero-order valence-electron chi connectivity index (χ0n) is 10.9. The number of ether oxygens (including phenoxy) is 1. The van der Waals surface area contributed by atoms with Crippen molar-refractivity contribution < 1.29 is 4.74 Å².